The van der Waals surface area contributed by atoms with Gasteiger partial charge in [0, 0.05) is 42.0 Å². The van der Waals surface area contributed by atoms with E-state index < -0.39 is 0 Å². The van der Waals surface area contributed by atoms with Crippen LogP contribution >= 0.6 is 11.3 Å². The number of thiophene rings is 1. The predicted octanol–water partition coefficient (Wildman–Crippen LogP) is 3.80. The van der Waals surface area contributed by atoms with Crippen molar-refractivity contribution in [3.63, 3.8) is 0 Å². The summed E-state index contributed by atoms with van der Waals surface area (Å²) in [5.41, 5.74) is 1.41. The molecule has 0 aliphatic heterocycles. The summed E-state index contributed by atoms with van der Waals surface area (Å²) in [4.78, 5) is 2.78. The van der Waals surface area contributed by atoms with Crippen molar-refractivity contribution in [2.75, 3.05) is 19.8 Å². The molecule has 3 nitrogen and oxygen atoms in total. The van der Waals surface area contributed by atoms with Gasteiger partial charge in [0.15, 0.2) is 6.29 Å². The quantitative estimate of drug-likeness (QED) is 0.700. The zero-order valence-electron chi connectivity index (χ0n) is 12.8. The predicted molar refractivity (Wildman–Crippen MR) is 81.9 cm³/mol. The van der Waals surface area contributed by atoms with E-state index >= 15 is 0 Å². The molecule has 1 atom stereocenters. The minimum absolute atomic E-state index is 0.0833. The van der Waals surface area contributed by atoms with Gasteiger partial charge in [-0.3, -0.25) is 0 Å². The van der Waals surface area contributed by atoms with Gasteiger partial charge in [0.05, 0.1) is 0 Å². The van der Waals surface area contributed by atoms with Crippen LogP contribution in [0.3, 0.4) is 0 Å². The largest absolute Gasteiger partial charge is 0.353 e. The molecule has 0 spiro atoms. The molecule has 0 aromatic carbocycles. The minimum atomic E-state index is -0.0833. The average Bonchev–Trinajstić information content (AvgIpc) is 2.69. The summed E-state index contributed by atoms with van der Waals surface area (Å²) < 4.78 is 11.1. The van der Waals surface area contributed by atoms with Crippen molar-refractivity contribution >= 4 is 11.3 Å². The van der Waals surface area contributed by atoms with Gasteiger partial charge in [-0.1, -0.05) is 0 Å². The summed E-state index contributed by atoms with van der Waals surface area (Å²) in [7, 11) is 0. The first-order valence-corrected chi connectivity index (χ1v) is 7.93. The molecule has 1 unspecified atom stereocenters. The second kappa shape index (κ2) is 8.69. The fraction of sp³-hybridized carbons (Fsp3) is 0.733. The summed E-state index contributed by atoms with van der Waals surface area (Å²) in [6, 6.07) is 2.66. The molecule has 0 aliphatic carbocycles. The smallest absolute Gasteiger partial charge is 0.158 e. The third kappa shape index (κ3) is 5.61. The van der Waals surface area contributed by atoms with Crippen LogP contribution in [0.15, 0.2) is 6.07 Å². The number of ether oxygens (including phenoxy) is 2. The Hall–Kier alpha value is -0.420. The summed E-state index contributed by atoms with van der Waals surface area (Å²) in [5, 5.41) is 3.55. The second-order valence-corrected chi connectivity index (χ2v) is 6.13. The molecule has 0 fully saturated rings. The van der Waals surface area contributed by atoms with Crippen molar-refractivity contribution in [1.29, 1.82) is 0 Å². The highest BCUT2D eigenvalue weighted by molar-refractivity contribution is 7.12. The Kier molecular flexibility index (Phi) is 7.61. The Balaban J connectivity index is 2.37. The number of rotatable bonds is 9. The van der Waals surface area contributed by atoms with Crippen LogP contribution in [0, 0.1) is 13.8 Å². The molecule has 0 saturated heterocycles. The average molecular weight is 285 g/mol. The molecular formula is C15H27NO2S. The first-order valence-electron chi connectivity index (χ1n) is 7.12. The number of hydrogen-bond acceptors (Lipinski definition) is 4. The third-order valence-corrected chi connectivity index (χ3v) is 4.06. The SMILES string of the molecule is CCOC(CCNC(C)c1cc(C)sc1C)OCC. The van der Waals surface area contributed by atoms with Crippen LogP contribution in [0.2, 0.25) is 0 Å². The maximum absolute atomic E-state index is 5.54. The van der Waals surface area contributed by atoms with Gasteiger partial charge in [0.25, 0.3) is 0 Å². The van der Waals surface area contributed by atoms with E-state index in [0.29, 0.717) is 19.3 Å². The lowest BCUT2D eigenvalue weighted by molar-refractivity contribution is -0.138. The van der Waals surface area contributed by atoms with Gasteiger partial charge in [0.1, 0.15) is 0 Å². The van der Waals surface area contributed by atoms with E-state index in [2.05, 4.69) is 32.2 Å². The number of aryl methyl sites for hydroxylation is 2. The van der Waals surface area contributed by atoms with E-state index in [9.17, 15) is 0 Å². The van der Waals surface area contributed by atoms with Crippen molar-refractivity contribution in [1.82, 2.24) is 5.32 Å². The monoisotopic (exact) mass is 285 g/mol. The van der Waals surface area contributed by atoms with Crippen LogP contribution in [-0.4, -0.2) is 26.0 Å². The topological polar surface area (TPSA) is 30.5 Å². The molecule has 1 heterocycles. The molecular weight excluding hydrogens is 258 g/mol. The standard InChI is InChI=1S/C15H27NO2S/c1-6-17-15(18-7-2)8-9-16-12(4)14-10-11(3)19-13(14)5/h10,12,15-16H,6-9H2,1-5H3. The van der Waals surface area contributed by atoms with Gasteiger partial charge >= 0.3 is 0 Å². The molecule has 0 radical (unpaired) electrons. The molecule has 1 aromatic rings. The highest BCUT2D eigenvalue weighted by Gasteiger charge is 2.12. The molecule has 19 heavy (non-hydrogen) atoms. The zero-order chi connectivity index (χ0) is 14.3. The van der Waals surface area contributed by atoms with Crippen molar-refractivity contribution in [2.45, 2.75) is 53.4 Å². The molecule has 0 bridgehead atoms. The summed E-state index contributed by atoms with van der Waals surface area (Å²) in [5.74, 6) is 0. The first kappa shape index (κ1) is 16.6. The highest BCUT2D eigenvalue weighted by Crippen LogP contribution is 2.26. The molecule has 4 heteroatoms. The van der Waals surface area contributed by atoms with Crippen LogP contribution in [-0.2, 0) is 9.47 Å². The molecule has 1 aromatic heterocycles. The Morgan fingerprint density at radius 1 is 1.21 bits per heavy atom. The van der Waals surface area contributed by atoms with E-state index in [0.717, 1.165) is 13.0 Å². The fourth-order valence-electron chi connectivity index (χ4n) is 2.19. The van der Waals surface area contributed by atoms with Crippen LogP contribution in [0.5, 0.6) is 0 Å². The molecule has 110 valence electrons. The lowest BCUT2D eigenvalue weighted by Gasteiger charge is -2.19. The maximum Gasteiger partial charge on any atom is 0.158 e. The van der Waals surface area contributed by atoms with Gasteiger partial charge in [-0.15, -0.1) is 11.3 Å². The second-order valence-electron chi connectivity index (χ2n) is 4.67. The van der Waals surface area contributed by atoms with Gasteiger partial charge in [0.2, 0.25) is 0 Å². The van der Waals surface area contributed by atoms with E-state index in [-0.39, 0.29) is 6.29 Å². The Morgan fingerprint density at radius 2 is 1.84 bits per heavy atom. The number of hydrogen-bond donors (Lipinski definition) is 1. The first-order chi connectivity index (χ1) is 9.08. The van der Waals surface area contributed by atoms with Crippen molar-refractivity contribution < 1.29 is 9.47 Å². The van der Waals surface area contributed by atoms with Crippen LogP contribution in [0.25, 0.3) is 0 Å². The molecule has 0 saturated carbocycles. The van der Waals surface area contributed by atoms with Crippen molar-refractivity contribution in [3.8, 4) is 0 Å². The van der Waals surface area contributed by atoms with Gasteiger partial charge < -0.3 is 14.8 Å². The zero-order valence-corrected chi connectivity index (χ0v) is 13.6. The van der Waals surface area contributed by atoms with E-state index in [1.807, 2.05) is 25.2 Å². The molecule has 1 rings (SSSR count). The van der Waals surface area contributed by atoms with Crippen molar-refractivity contribution in [2.24, 2.45) is 0 Å². The summed E-state index contributed by atoms with van der Waals surface area (Å²) in [6.45, 7) is 12.9. The van der Waals surface area contributed by atoms with E-state index in [1.165, 1.54) is 15.3 Å². The summed E-state index contributed by atoms with van der Waals surface area (Å²) in [6.07, 6.45) is 0.800. The van der Waals surface area contributed by atoms with Crippen LogP contribution in [0.4, 0.5) is 0 Å². The third-order valence-electron chi connectivity index (χ3n) is 3.08. The van der Waals surface area contributed by atoms with E-state index in [1.54, 1.807) is 0 Å². The normalized spacial score (nSPS) is 13.2. The highest BCUT2D eigenvalue weighted by atomic mass is 32.1. The van der Waals surface area contributed by atoms with Gasteiger partial charge in [-0.05, 0) is 46.2 Å². The number of nitrogens with one attached hydrogen (secondary N) is 1. The molecule has 1 N–H and O–H groups in total. The Labute approximate surface area is 121 Å². The van der Waals surface area contributed by atoms with Gasteiger partial charge in [-0.2, -0.15) is 0 Å². The molecule has 0 aliphatic rings. The maximum atomic E-state index is 5.54. The minimum Gasteiger partial charge on any atom is -0.353 e. The van der Waals surface area contributed by atoms with Crippen LogP contribution in [0.1, 0.15) is 48.6 Å². The Bertz CT molecular complexity index is 359. The van der Waals surface area contributed by atoms with E-state index in [4.69, 9.17) is 9.47 Å². The summed E-state index contributed by atoms with van der Waals surface area (Å²) >= 11 is 1.86. The lowest BCUT2D eigenvalue weighted by atomic mass is 10.1. The Morgan fingerprint density at radius 3 is 2.32 bits per heavy atom. The van der Waals surface area contributed by atoms with Gasteiger partial charge in [-0.25, -0.2) is 0 Å². The molecule has 0 amide bonds. The van der Waals surface area contributed by atoms with Crippen LogP contribution < -0.4 is 5.32 Å². The fourth-order valence-corrected chi connectivity index (χ4v) is 3.22. The lowest BCUT2D eigenvalue weighted by Crippen LogP contribution is -2.26. The van der Waals surface area contributed by atoms with Crippen molar-refractivity contribution in [3.05, 3.63) is 21.4 Å².